The third kappa shape index (κ3) is 4.19. The molecule has 0 saturated carbocycles. The van der Waals surface area contributed by atoms with E-state index in [4.69, 9.17) is 10.5 Å². The summed E-state index contributed by atoms with van der Waals surface area (Å²) in [6.45, 7) is 5.90. The second-order valence-corrected chi connectivity index (χ2v) is 4.98. The van der Waals surface area contributed by atoms with E-state index in [9.17, 15) is 9.59 Å². The Balaban J connectivity index is 1.86. The van der Waals surface area contributed by atoms with Crippen LogP contribution in [0.25, 0.3) is 0 Å². The first-order valence-electron chi connectivity index (χ1n) is 7.13. The summed E-state index contributed by atoms with van der Waals surface area (Å²) in [7, 11) is 0. The topological polar surface area (TPSA) is 75.9 Å². The highest BCUT2D eigenvalue weighted by Gasteiger charge is 2.19. The number of nitrogens with two attached hydrogens (primary N) is 1. The summed E-state index contributed by atoms with van der Waals surface area (Å²) in [6.07, 6.45) is 0. The van der Waals surface area contributed by atoms with E-state index in [1.807, 2.05) is 19.1 Å². The monoisotopic (exact) mass is 291 g/mol. The largest absolute Gasteiger partial charge is 0.465 e. The van der Waals surface area contributed by atoms with E-state index in [-0.39, 0.29) is 5.97 Å². The Hall–Kier alpha value is -2.08. The first-order chi connectivity index (χ1) is 10.1. The fraction of sp³-hybridized carbons (Fsp3) is 0.467. The van der Waals surface area contributed by atoms with E-state index in [0.29, 0.717) is 18.7 Å². The van der Waals surface area contributed by atoms with E-state index in [1.54, 1.807) is 12.1 Å². The molecule has 1 heterocycles. The van der Waals surface area contributed by atoms with Crippen molar-refractivity contribution in [2.75, 3.05) is 44.2 Å². The van der Waals surface area contributed by atoms with Crippen molar-refractivity contribution in [1.29, 1.82) is 0 Å². The van der Waals surface area contributed by atoms with Crippen LogP contribution in [0.3, 0.4) is 0 Å². The van der Waals surface area contributed by atoms with Gasteiger partial charge in [0.2, 0.25) is 5.91 Å². The molecule has 1 aromatic rings. The summed E-state index contributed by atoms with van der Waals surface area (Å²) in [5.41, 5.74) is 6.81. The van der Waals surface area contributed by atoms with E-state index in [0.717, 1.165) is 31.9 Å². The van der Waals surface area contributed by atoms with Crippen LogP contribution in [0.4, 0.5) is 5.69 Å². The highest BCUT2D eigenvalue weighted by atomic mass is 16.5. The van der Waals surface area contributed by atoms with E-state index < -0.39 is 5.91 Å². The van der Waals surface area contributed by atoms with Crippen LogP contribution in [0.15, 0.2) is 24.3 Å². The fourth-order valence-electron chi connectivity index (χ4n) is 2.39. The molecule has 1 fully saturated rings. The summed E-state index contributed by atoms with van der Waals surface area (Å²) < 4.78 is 4.95. The van der Waals surface area contributed by atoms with E-state index in [1.165, 1.54) is 0 Å². The van der Waals surface area contributed by atoms with Gasteiger partial charge in [-0.1, -0.05) is 0 Å². The molecule has 0 aliphatic carbocycles. The minimum absolute atomic E-state index is 0.170. The Labute approximate surface area is 124 Å². The van der Waals surface area contributed by atoms with Crippen LogP contribution in [-0.4, -0.2) is 56.1 Å². The van der Waals surface area contributed by atoms with Crippen LogP contribution < -0.4 is 10.6 Å². The molecule has 1 aromatic carbocycles. The Kier molecular flexibility index (Phi) is 5.16. The van der Waals surface area contributed by atoms with Gasteiger partial charge in [-0.15, -0.1) is 0 Å². The molecule has 1 saturated heterocycles. The second-order valence-electron chi connectivity index (χ2n) is 4.98. The predicted octanol–water partition coefficient (Wildman–Crippen LogP) is 0.471. The van der Waals surface area contributed by atoms with Crippen LogP contribution >= 0.6 is 0 Å². The van der Waals surface area contributed by atoms with Crippen molar-refractivity contribution in [1.82, 2.24) is 4.90 Å². The molecule has 0 unspecified atom stereocenters. The molecule has 2 rings (SSSR count). The number of rotatable bonds is 5. The quantitative estimate of drug-likeness (QED) is 0.798. The maximum absolute atomic E-state index is 11.4. The third-order valence-corrected chi connectivity index (χ3v) is 3.55. The fourth-order valence-corrected chi connectivity index (χ4v) is 2.39. The predicted molar refractivity (Wildman–Crippen MR) is 80.2 cm³/mol. The number of nitrogens with zero attached hydrogens (tertiary/aromatic N) is 2. The molecule has 0 radical (unpaired) electrons. The molecule has 6 nitrogen and oxygen atoms in total. The molecule has 1 aliphatic rings. The van der Waals surface area contributed by atoms with Gasteiger partial charge in [0.25, 0.3) is 0 Å². The van der Waals surface area contributed by atoms with Gasteiger partial charge in [0.1, 0.15) is 0 Å². The maximum atomic E-state index is 11.4. The smallest absolute Gasteiger partial charge is 0.320 e. The number of hydrogen-bond acceptors (Lipinski definition) is 5. The molecule has 0 spiro atoms. The lowest BCUT2D eigenvalue weighted by Crippen LogP contribution is -2.48. The SMILES string of the molecule is CCOC(=O)CN1CCN(c2ccc(C(N)=O)cc2)CC1. The average molecular weight is 291 g/mol. The van der Waals surface area contributed by atoms with Gasteiger partial charge in [-0.25, -0.2) is 0 Å². The molecule has 1 amide bonds. The van der Waals surface area contributed by atoms with Gasteiger partial charge >= 0.3 is 5.97 Å². The van der Waals surface area contributed by atoms with Crippen LogP contribution in [0.5, 0.6) is 0 Å². The van der Waals surface area contributed by atoms with Crippen LogP contribution in [-0.2, 0) is 9.53 Å². The van der Waals surface area contributed by atoms with Gasteiger partial charge in [-0.2, -0.15) is 0 Å². The third-order valence-electron chi connectivity index (χ3n) is 3.55. The molecular weight excluding hydrogens is 270 g/mol. The van der Waals surface area contributed by atoms with Crippen molar-refractivity contribution in [2.45, 2.75) is 6.92 Å². The first kappa shape index (κ1) is 15.3. The average Bonchev–Trinajstić information content (AvgIpc) is 2.48. The second kappa shape index (κ2) is 7.08. The van der Waals surface area contributed by atoms with Crippen molar-refractivity contribution < 1.29 is 14.3 Å². The lowest BCUT2D eigenvalue weighted by Gasteiger charge is -2.35. The van der Waals surface area contributed by atoms with Crippen molar-refractivity contribution >= 4 is 17.6 Å². The normalized spacial score (nSPS) is 15.8. The number of ether oxygens (including phenoxy) is 1. The number of carbonyl (C=O) groups excluding carboxylic acids is 2. The molecule has 1 aliphatic heterocycles. The Morgan fingerprint density at radius 1 is 1.14 bits per heavy atom. The van der Waals surface area contributed by atoms with Gasteiger partial charge in [0.15, 0.2) is 0 Å². The molecule has 2 N–H and O–H groups in total. The number of carbonyl (C=O) groups is 2. The number of anilines is 1. The van der Waals surface area contributed by atoms with Crippen LogP contribution in [0.2, 0.25) is 0 Å². The standard InChI is InChI=1S/C15H21N3O3/c1-2-21-14(19)11-17-7-9-18(10-8-17)13-5-3-12(4-6-13)15(16)20/h3-6H,2,7-11H2,1H3,(H2,16,20). The molecule has 114 valence electrons. The highest BCUT2D eigenvalue weighted by Crippen LogP contribution is 2.17. The van der Waals surface area contributed by atoms with E-state index in [2.05, 4.69) is 9.80 Å². The Morgan fingerprint density at radius 3 is 2.29 bits per heavy atom. The van der Waals surface area contributed by atoms with Crippen molar-refractivity contribution in [3.63, 3.8) is 0 Å². The number of amides is 1. The number of benzene rings is 1. The van der Waals surface area contributed by atoms with Gasteiger partial charge < -0.3 is 15.4 Å². The molecule has 0 aromatic heterocycles. The molecule has 6 heteroatoms. The maximum Gasteiger partial charge on any atom is 0.320 e. The zero-order valence-corrected chi connectivity index (χ0v) is 12.2. The lowest BCUT2D eigenvalue weighted by atomic mass is 10.1. The summed E-state index contributed by atoms with van der Waals surface area (Å²) >= 11 is 0. The van der Waals surface area contributed by atoms with Crippen molar-refractivity contribution in [3.05, 3.63) is 29.8 Å². The number of piperazine rings is 1. The summed E-state index contributed by atoms with van der Waals surface area (Å²) in [5.74, 6) is -0.586. The molecule has 21 heavy (non-hydrogen) atoms. The van der Waals surface area contributed by atoms with Crippen LogP contribution in [0.1, 0.15) is 17.3 Å². The van der Waals surface area contributed by atoms with Crippen molar-refractivity contribution in [3.8, 4) is 0 Å². The summed E-state index contributed by atoms with van der Waals surface area (Å²) in [6, 6.07) is 7.29. The molecule has 0 atom stereocenters. The minimum Gasteiger partial charge on any atom is -0.465 e. The zero-order valence-electron chi connectivity index (χ0n) is 12.2. The Bertz CT molecular complexity index is 493. The van der Waals surface area contributed by atoms with Gasteiger partial charge in [0, 0.05) is 37.4 Å². The van der Waals surface area contributed by atoms with Crippen LogP contribution in [0, 0.1) is 0 Å². The zero-order chi connectivity index (χ0) is 15.2. The number of esters is 1. The summed E-state index contributed by atoms with van der Waals surface area (Å²) in [4.78, 5) is 26.8. The Morgan fingerprint density at radius 2 is 1.76 bits per heavy atom. The van der Waals surface area contributed by atoms with Crippen molar-refractivity contribution in [2.24, 2.45) is 5.73 Å². The van der Waals surface area contributed by atoms with Gasteiger partial charge in [-0.05, 0) is 31.2 Å². The lowest BCUT2D eigenvalue weighted by molar-refractivity contribution is -0.144. The van der Waals surface area contributed by atoms with E-state index >= 15 is 0 Å². The highest BCUT2D eigenvalue weighted by molar-refractivity contribution is 5.93. The molecule has 0 bridgehead atoms. The molecular formula is C15H21N3O3. The number of primary amides is 1. The minimum atomic E-state index is -0.416. The number of hydrogen-bond donors (Lipinski definition) is 1. The first-order valence-corrected chi connectivity index (χ1v) is 7.13. The summed E-state index contributed by atoms with van der Waals surface area (Å²) in [5, 5.41) is 0. The van der Waals surface area contributed by atoms with Gasteiger partial charge in [-0.3, -0.25) is 14.5 Å². The van der Waals surface area contributed by atoms with Gasteiger partial charge in [0.05, 0.1) is 13.2 Å².